The minimum Gasteiger partial charge on any atom is -0.481 e. The number of nitrogens with two attached hydrogens (primary N) is 1. The van der Waals surface area contributed by atoms with Crippen molar-refractivity contribution < 1.29 is 24.3 Å². The van der Waals surface area contributed by atoms with E-state index in [1.54, 1.807) is 54.6 Å². The Balaban J connectivity index is 0.00000385. The van der Waals surface area contributed by atoms with Gasteiger partial charge in [0.1, 0.15) is 17.9 Å². The van der Waals surface area contributed by atoms with Gasteiger partial charge in [0.2, 0.25) is 5.91 Å². The quantitative estimate of drug-likeness (QED) is 0.221. The van der Waals surface area contributed by atoms with Gasteiger partial charge in [-0.1, -0.05) is 54.6 Å². The Hall–Kier alpha value is -3.92. The van der Waals surface area contributed by atoms with Crippen molar-refractivity contribution in [1.29, 1.82) is 5.41 Å². The number of nitrogens with one attached hydrogen (secondary N) is 3. The highest BCUT2D eigenvalue weighted by Crippen LogP contribution is 2.29. The normalized spacial score (nSPS) is 18.2. The number of aliphatic carboxylic acids is 1. The number of urea groups is 1. The molecule has 0 aliphatic carbocycles. The Bertz CT molecular complexity index is 1080. The van der Waals surface area contributed by atoms with Gasteiger partial charge in [-0.2, -0.15) is 0 Å². The molecule has 0 bridgehead atoms. The van der Waals surface area contributed by atoms with Crippen LogP contribution < -0.4 is 16.4 Å². The molecule has 4 amide bonds. The lowest BCUT2D eigenvalue weighted by Gasteiger charge is -2.23. The number of nitrogen functional groups attached to an aromatic ring is 1. The molecule has 33 heavy (non-hydrogen) atoms. The fraction of sp³-hybridized carbons (Fsp3) is 0.227. The highest BCUT2D eigenvalue weighted by molar-refractivity contribution is 6.09. The third kappa shape index (κ3) is 5.47. The predicted octanol–water partition coefficient (Wildman–Crippen LogP) is 1.49. The summed E-state index contributed by atoms with van der Waals surface area (Å²) in [7, 11) is 0. The van der Waals surface area contributed by atoms with Crippen LogP contribution >= 0.6 is 12.4 Å². The number of carboxylic acids is 1. The predicted molar refractivity (Wildman–Crippen MR) is 122 cm³/mol. The van der Waals surface area contributed by atoms with Crippen LogP contribution in [0.4, 0.5) is 4.79 Å². The molecular formula is C22H24ClN5O5. The van der Waals surface area contributed by atoms with Gasteiger partial charge in [-0.25, -0.2) is 4.79 Å². The van der Waals surface area contributed by atoms with Crippen molar-refractivity contribution in [2.45, 2.75) is 24.9 Å². The van der Waals surface area contributed by atoms with E-state index in [0.29, 0.717) is 16.7 Å². The summed E-state index contributed by atoms with van der Waals surface area (Å²) in [6, 6.07) is 13.3. The smallest absolute Gasteiger partial charge is 0.325 e. The van der Waals surface area contributed by atoms with Crippen LogP contribution in [-0.4, -0.2) is 46.2 Å². The van der Waals surface area contributed by atoms with Crippen LogP contribution in [-0.2, 0) is 19.9 Å². The van der Waals surface area contributed by atoms with E-state index in [-0.39, 0.29) is 24.7 Å². The monoisotopic (exact) mass is 473 g/mol. The molecule has 2 aromatic carbocycles. The standard InChI is InChI=1S/C22H23N5O5.ClH/c1-22(15-9-7-14(8-10-15)19(23)24)20(31)27(21(32)26-22)12-17(28)25-16(11-18(29)30)13-5-3-2-4-6-13;/h2-10,16H,11-12H2,1H3,(H3,23,24)(H,25,28)(H,26,32)(H,29,30);1H/t16-,22-;/m0./s1. The molecule has 1 aliphatic rings. The summed E-state index contributed by atoms with van der Waals surface area (Å²) in [6.45, 7) is 0.958. The van der Waals surface area contributed by atoms with Gasteiger partial charge in [-0.15, -0.1) is 12.4 Å². The third-order valence-electron chi connectivity index (χ3n) is 5.27. The van der Waals surface area contributed by atoms with Crippen LogP contribution in [0.5, 0.6) is 0 Å². The van der Waals surface area contributed by atoms with E-state index in [4.69, 9.17) is 11.1 Å². The van der Waals surface area contributed by atoms with E-state index in [9.17, 15) is 24.3 Å². The molecule has 174 valence electrons. The summed E-state index contributed by atoms with van der Waals surface area (Å²) in [5, 5.41) is 21.8. The molecule has 1 saturated heterocycles. The first kappa shape index (κ1) is 25.3. The topological polar surface area (TPSA) is 166 Å². The number of carbonyl (C=O) groups is 4. The van der Waals surface area contributed by atoms with E-state index in [1.807, 2.05) is 0 Å². The number of carboxylic acid groups (broad SMARTS) is 1. The minimum atomic E-state index is -1.40. The maximum absolute atomic E-state index is 13.0. The van der Waals surface area contributed by atoms with Gasteiger partial charge in [0.15, 0.2) is 0 Å². The number of hydrogen-bond donors (Lipinski definition) is 5. The first-order valence-corrected chi connectivity index (χ1v) is 9.77. The largest absolute Gasteiger partial charge is 0.481 e. The Morgan fingerprint density at radius 3 is 2.30 bits per heavy atom. The zero-order valence-electron chi connectivity index (χ0n) is 17.7. The number of hydrogen-bond acceptors (Lipinski definition) is 5. The summed E-state index contributed by atoms with van der Waals surface area (Å²) < 4.78 is 0. The number of imide groups is 1. The van der Waals surface area contributed by atoms with Crippen molar-refractivity contribution in [3.8, 4) is 0 Å². The summed E-state index contributed by atoms with van der Waals surface area (Å²) in [4.78, 5) is 50.1. The SMILES string of the molecule is C[C@@]1(c2ccc(C(=N)N)cc2)NC(=O)N(CC(=O)N[C@@H](CC(=O)O)c2ccccc2)C1=O.Cl. The van der Waals surface area contributed by atoms with Gasteiger partial charge in [-0.3, -0.25) is 24.7 Å². The average molecular weight is 474 g/mol. The molecule has 2 atom stereocenters. The van der Waals surface area contributed by atoms with Crippen molar-refractivity contribution in [3.63, 3.8) is 0 Å². The molecule has 0 radical (unpaired) electrons. The van der Waals surface area contributed by atoms with Crippen molar-refractivity contribution in [2.24, 2.45) is 5.73 Å². The molecular weight excluding hydrogens is 450 g/mol. The molecule has 3 rings (SSSR count). The molecule has 0 aromatic heterocycles. The Labute approximate surface area is 196 Å². The molecule has 1 aliphatic heterocycles. The highest BCUT2D eigenvalue weighted by atomic mass is 35.5. The van der Waals surface area contributed by atoms with Crippen molar-refractivity contribution >= 4 is 42.1 Å². The fourth-order valence-electron chi connectivity index (χ4n) is 3.52. The minimum absolute atomic E-state index is 0. The Morgan fingerprint density at radius 1 is 1.15 bits per heavy atom. The van der Waals surface area contributed by atoms with E-state index in [2.05, 4.69) is 10.6 Å². The van der Waals surface area contributed by atoms with Crippen molar-refractivity contribution in [1.82, 2.24) is 15.5 Å². The summed E-state index contributed by atoms with van der Waals surface area (Å²) in [6.07, 6.45) is -0.351. The zero-order chi connectivity index (χ0) is 23.5. The average Bonchev–Trinajstić information content (AvgIpc) is 2.97. The first-order valence-electron chi connectivity index (χ1n) is 9.77. The number of halogens is 1. The second-order valence-electron chi connectivity index (χ2n) is 7.57. The molecule has 0 saturated carbocycles. The summed E-state index contributed by atoms with van der Waals surface area (Å²) in [5.41, 5.74) is 5.58. The van der Waals surface area contributed by atoms with Crippen LogP contribution in [0.2, 0.25) is 0 Å². The molecule has 1 heterocycles. The number of carbonyl (C=O) groups excluding carboxylic acids is 3. The maximum Gasteiger partial charge on any atom is 0.325 e. The third-order valence-corrected chi connectivity index (χ3v) is 5.27. The van der Waals surface area contributed by atoms with Crippen LogP contribution in [0.25, 0.3) is 0 Å². The van der Waals surface area contributed by atoms with E-state index in [0.717, 1.165) is 4.90 Å². The van der Waals surface area contributed by atoms with Crippen LogP contribution in [0.3, 0.4) is 0 Å². The van der Waals surface area contributed by atoms with Gasteiger partial charge in [-0.05, 0) is 18.1 Å². The first-order chi connectivity index (χ1) is 15.1. The van der Waals surface area contributed by atoms with Gasteiger partial charge < -0.3 is 21.5 Å². The molecule has 2 aromatic rings. The van der Waals surface area contributed by atoms with Crippen LogP contribution in [0, 0.1) is 5.41 Å². The Kier molecular flexibility index (Phi) is 7.78. The second-order valence-corrected chi connectivity index (χ2v) is 7.57. The number of rotatable bonds is 8. The van der Waals surface area contributed by atoms with Crippen LogP contribution in [0.15, 0.2) is 54.6 Å². The number of amides is 4. The summed E-state index contributed by atoms with van der Waals surface area (Å²) >= 11 is 0. The maximum atomic E-state index is 13.0. The molecule has 6 N–H and O–H groups in total. The number of nitrogens with zero attached hydrogens (tertiary/aromatic N) is 1. The molecule has 11 heteroatoms. The number of amidine groups is 1. The molecule has 10 nitrogen and oxygen atoms in total. The molecule has 1 fully saturated rings. The highest BCUT2D eigenvalue weighted by Gasteiger charge is 2.49. The van der Waals surface area contributed by atoms with E-state index >= 15 is 0 Å². The van der Waals surface area contributed by atoms with Gasteiger partial charge >= 0.3 is 12.0 Å². The zero-order valence-corrected chi connectivity index (χ0v) is 18.5. The fourth-order valence-corrected chi connectivity index (χ4v) is 3.52. The lowest BCUT2D eigenvalue weighted by molar-refractivity contribution is -0.138. The molecule has 0 spiro atoms. The lowest BCUT2D eigenvalue weighted by atomic mass is 9.91. The lowest BCUT2D eigenvalue weighted by Crippen LogP contribution is -2.44. The van der Waals surface area contributed by atoms with Crippen molar-refractivity contribution in [3.05, 3.63) is 71.3 Å². The Morgan fingerprint density at radius 2 is 1.76 bits per heavy atom. The van der Waals surface area contributed by atoms with Crippen molar-refractivity contribution in [2.75, 3.05) is 6.54 Å². The van der Waals surface area contributed by atoms with Gasteiger partial charge in [0, 0.05) is 5.56 Å². The summed E-state index contributed by atoms with van der Waals surface area (Å²) in [5.74, 6) is -2.52. The van der Waals surface area contributed by atoms with E-state index in [1.165, 1.54) is 6.92 Å². The van der Waals surface area contributed by atoms with Crippen LogP contribution in [0.1, 0.15) is 36.1 Å². The molecule has 0 unspecified atom stereocenters. The van der Waals surface area contributed by atoms with E-state index < -0.39 is 41.9 Å². The van der Waals surface area contributed by atoms with Gasteiger partial charge in [0.05, 0.1) is 12.5 Å². The second kappa shape index (κ2) is 10.1. The van der Waals surface area contributed by atoms with Gasteiger partial charge in [0.25, 0.3) is 5.91 Å². The number of benzene rings is 2.